The van der Waals surface area contributed by atoms with Crippen molar-refractivity contribution in [3.05, 3.63) is 51.2 Å². The molecule has 2 unspecified atom stereocenters. The molecule has 0 saturated heterocycles. The highest BCUT2D eigenvalue weighted by Gasteiger charge is 2.29. The summed E-state index contributed by atoms with van der Waals surface area (Å²) in [5.74, 6) is 0. The molecular weight excluding hydrogens is 270 g/mol. The Hall–Kier alpha value is -0.480. The molecule has 0 radical (unpaired) electrons. The van der Waals surface area contributed by atoms with E-state index in [4.69, 9.17) is 17.3 Å². The largest absolute Gasteiger partial charge is 0.322 e. The molecule has 1 aliphatic rings. The molecule has 3 rings (SSSR count). The lowest BCUT2D eigenvalue weighted by Gasteiger charge is -2.17. The van der Waals surface area contributed by atoms with Crippen LogP contribution in [0.1, 0.15) is 16.5 Å². The van der Waals surface area contributed by atoms with Crippen molar-refractivity contribution in [2.24, 2.45) is 5.73 Å². The number of hydrogen-bond donors (Lipinski definition) is 1. The minimum atomic E-state index is 0.0277. The van der Waals surface area contributed by atoms with Crippen LogP contribution in [0.3, 0.4) is 0 Å². The lowest BCUT2D eigenvalue weighted by Crippen LogP contribution is -2.22. The second-order valence-corrected chi connectivity index (χ2v) is 6.76. The molecule has 0 fully saturated rings. The van der Waals surface area contributed by atoms with Crippen molar-refractivity contribution in [2.75, 3.05) is 0 Å². The van der Waals surface area contributed by atoms with E-state index in [1.54, 1.807) is 11.3 Å². The first-order chi connectivity index (χ1) is 8.25. The van der Waals surface area contributed by atoms with Gasteiger partial charge in [0.2, 0.25) is 0 Å². The zero-order valence-corrected chi connectivity index (χ0v) is 11.5. The third kappa shape index (κ3) is 2.13. The fraction of sp³-hybridized carbons (Fsp3) is 0.231. The summed E-state index contributed by atoms with van der Waals surface area (Å²) < 4.78 is 0. The molecule has 2 aromatic rings. The van der Waals surface area contributed by atoms with Crippen LogP contribution < -0.4 is 5.73 Å². The number of thioether (sulfide) groups is 1. The molecule has 1 aliphatic heterocycles. The van der Waals surface area contributed by atoms with Gasteiger partial charge in [-0.05, 0) is 29.5 Å². The van der Waals surface area contributed by atoms with Crippen molar-refractivity contribution >= 4 is 34.7 Å². The maximum Gasteiger partial charge on any atom is 0.0561 e. The summed E-state index contributed by atoms with van der Waals surface area (Å²) in [6.07, 6.45) is 1.04. The molecule has 2 atom stereocenters. The molecule has 0 amide bonds. The van der Waals surface area contributed by atoms with E-state index < -0.39 is 0 Å². The van der Waals surface area contributed by atoms with E-state index in [9.17, 15) is 0 Å². The van der Waals surface area contributed by atoms with Gasteiger partial charge in [-0.1, -0.05) is 29.8 Å². The van der Waals surface area contributed by atoms with Crippen LogP contribution in [0.2, 0.25) is 5.02 Å². The van der Waals surface area contributed by atoms with Gasteiger partial charge < -0.3 is 5.73 Å². The Kier molecular flexibility index (Phi) is 3.17. The first kappa shape index (κ1) is 11.6. The van der Waals surface area contributed by atoms with Crippen molar-refractivity contribution < 1.29 is 0 Å². The summed E-state index contributed by atoms with van der Waals surface area (Å²) in [6, 6.07) is 10.5. The molecule has 0 spiro atoms. The third-order valence-corrected chi connectivity index (χ3v) is 5.89. The Morgan fingerprint density at radius 3 is 2.82 bits per heavy atom. The van der Waals surface area contributed by atoms with E-state index in [0.29, 0.717) is 5.25 Å². The second kappa shape index (κ2) is 4.65. The van der Waals surface area contributed by atoms with Gasteiger partial charge in [0.05, 0.1) is 11.1 Å². The molecule has 1 nitrogen and oxygen atoms in total. The van der Waals surface area contributed by atoms with Crippen LogP contribution in [-0.2, 0) is 6.42 Å². The van der Waals surface area contributed by atoms with E-state index >= 15 is 0 Å². The average molecular weight is 282 g/mol. The summed E-state index contributed by atoms with van der Waals surface area (Å²) in [4.78, 5) is 2.47. The summed E-state index contributed by atoms with van der Waals surface area (Å²) in [5, 5.41) is 3.22. The predicted molar refractivity (Wildman–Crippen MR) is 76.0 cm³/mol. The van der Waals surface area contributed by atoms with Crippen LogP contribution in [0.4, 0.5) is 0 Å². The number of thiophene rings is 1. The predicted octanol–water partition coefficient (Wildman–Crippen LogP) is 4.12. The Bertz CT molecular complexity index is 513. The highest BCUT2D eigenvalue weighted by atomic mass is 35.5. The van der Waals surface area contributed by atoms with E-state index in [2.05, 4.69) is 24.3 Å². The SMILES string of the molecule is NC(c1sccc1Cl)C1Cc2ccccc2S1. The summed E-state index contributed by atoms with van der Waals surface area (Å²) in [6.45, 7) is 0. The van der Waals surface area contributed by atoms with Crippen molar-refractivity contribution in [1.82, 2.24) is 0 Å². The summed E-state index contributed by atoms with van der Waals surface area (Å²) >= 11 is 9.67. The number of nitrogens with two attached hydrogens (primary N) is 1. The normalized spacial score (nSPS) is 20.2. The van der Waals surface area contributed by atoms with Crippen LogP contribution in [0, 0.1) is 0 Å². The van der Waals surface area contributed by atoms with Gasteiger partial charge in [-0.15, -0.1) is 23.1 Å². The van der Waals surface area contributed by atoms with Crippen molar-refractivity contribution in [1.29, 1.82) is 0 Å². The van der Waals surface area contributed by atoms with Gasteiger partial charge in [0.25, 0.3) is 0 Å². The Balaban J connectivity index is 1.83. The van der Waals surface area contributed by atoms with Crippen LogP contribution >= 0.6 is 34.7 Å². The average Bonchev–Trinajstić information content (AvgIpc) is 2.93. The highest BCUT2D eigenvalue weighted by molar-refractivity contribution is 8.00. The van der Waals surface area contributed by atoms with Crippen LogP contribution in [-0.4, -0.2) is 5.25 Å². The molecule has 1 aromatic heterocycles. The molecule has 2 heterocycles. The number of fused-ring (bicyclic) bond motifs is 1. The minimum absolute atomic E-state index is 0.0277. The monoisotopic (exact) mass is 281 g/mol. The Morgan fingerprint density at radius 1 is 1.29 bits per heavy atom. The fourth-order valence-corrected chi connectivity index (χ4v) is 4.79. The molecule has 0 aliphatic carbocycles. The van der Waals surface area contributed by atoms with Gasteiger partial charge in [0.1, 0.15) is 0 Å². The van der Waals surface area contributed by atoms with E-state index in [1.165, 1.54) is 10.5 Å². The summed E-state index contributed by atoms with van der Waals surface area (Å²) in [7, 11) is 0. The van der Waals surface area contributed by atoms with E-state index in [-0.39, 0.29) is 6.04 Å². The first-order valence-corrected chi connectivity index (χ1v) is 7.62. The Labute approximate surface area is 114 Å². The van der Waals surface area contributed by atoms with Crippen LogP contribution in [0.25, 0.3) is 0 Å². The zero-order valence-electron chi connectivity index (χ0n) is 9.10. The molecule has 0 bridgehead atoms. The molecular formula is C13H12ClNS2. The van der Waals surface area contributed by atoms with Gasteiger partial charge >= 0.3 is 0 Å². The topological polar surface area (TPSA) is 26.0 Å². The van der Waals surface area contributed by atoms with Gasteiger partial charge in [0.15, 0.2) is 0 Å². The van der Waals surface area contributed by atoms with Gasteiger partial charge in [0, 0.05) is 15.0 Å². The van der Waals surface area contributed by atoms with Gasteiger partial charge in [-0.3, -0.25) is 0 Å². The third-order valence-electron chi connectivity index (χ3n) is 3.02. The number of benzene rings is 1. The maximum atomic E-state index is 6.33. The quantitative estimate of drug-likeness (QED) is 0.896. The zero-order chi connectivity index (χ0) is 11.8. The molecule has 2 N–H and O–H groups in total. The van der Waals surface area contributed by atoms with Crippen LogP contribution in [0.5, 0.6) is 0 Å². The first-order valence-electron chi connectivity index (χ1n) is 5.49. The van der Waals surface area contributed by atoms with E-state index in [1.807, 2.05) is 23.2 Å². The van der Waals surface area contributed by atoms with Gasteiger partial charge in [-0.2, -0.15) is 0 Å². The van der Waals surface area contributed by atoms with E-state index in [0.717, 1.165) is 16.3 Å². The van der Waals surface area contributed by atoms with Crippen molar-refractivity contribution in [2.45, 2.75) is 22.6 Å². The molecule has 1 aromatic carbocycles. The highest BCUT2D eigenvalue weighted by Crippen LogP contribution is 2.43. The lowest BCUT2D eigenvalue weighted by atomic mass is 10.0. The molecule has 0 saturated carbocycles. The standard InChI is InChI=1S/C13H12ClNS2/c14-9-5-6-16-13(9)12(15)11-7-8-3-1-2-4-10(8)17-11/h1-6,11-12H,7,15H2. The second-order valence-electron chi connectivity index (χ2n) is 4.13. The van der Waals surface area contributed by atoms with Crippen molar-refractivity contribution in [3.8, 4) is 0 Å². The van der Waals surface area contributed by atoms with Crippen molar-refractivity contribution in [3.63, 3.8) is 0 Å². The summed E-state index contributed by atoms with van der Waals surface area (Å²) in [5.41, 5.74) is 7.74. The smallest absolute Gasteiger partial charge is 0.0561 e. The fourth-order valence-electron chi connectivity index (χ4n) is 2.12. The number of halogens is 1. The number of rotatable bonds is 2. The molecule has 17 heavy (non-hydrogen) atoms. The minimum Gasteiger partial charge on any atom is -0.322 e. The molecule has 88 valence electrons. The Morgan fingerprint density at radius 2 is 2.12 bits per heavy atom. The van der Waals surface area contributed by atoms with Gasteiger partial charge in [-0.25, -0.2) is 0 Å². The maximum absolute atomic E-state index is 6.33. The molecule has 4 heteroatoms. The number of hydrogen-bond acceptors (Lipinski definition) is 3. The lowest BCUT2D eigenvalue weighted by molar-refractivity contribution is 0.690. The van der Waals surface area contributed by atoms with Crippen LogP contribution in [0.15, 0.2) is 40.6 Å².